The van der Waals surface area contributed by atoms with E-state index in [4.69, 9.17) is 9.47 Å². The van der Waals surface area contributed by atoms with Crippen LogP contribution < -0.4 is 20.5 Å². The number of carbonyl (C=O) groups excluding carboxylic acids is 1. The van der Waals surface area contributed by atoms with Gasteiger partial charge < -0.3 is 14.8 Å². The van der Waals surface area contributed by atoms with Crippen molar-refractivity contribution in [1.29, 1.82) is 0 Å². The molecule has 1 aromatic carbocycles. The maximum atomic E-state index is 12.2. The Balaban J connectivity index is 1.41. The third-order valence-electron chi connectivity index (χ3n) is 4.12. The first-order chi connectivity index (χ1) is 11.6. The molecule has 126 valence electrons. The van der Waals surface area contributed by atoms with Crippen LogP contribution in [0, 0.1) is 0 Å². The van der Waals surface area contributed by atoms with E-state index >= 15 is 0 Å². The van der Waals surface area contributed by atoms with Gasteiger partial charge in [-0.25, -0.2) is 4.79 Å². The molecule has 1 amide bonds. The summed E-state index contributed by atoms with van der Waals surface area (Å²) in [6.45, 7) is 1.92. The molecule has 24 heavy (non-hydrogen) atoms. The molecular formula is C15H17N5O4. The summed E-state index contributed by atoms with van der Waals surface area (Å²) < 4.78 is 13.0. The van der Waals surface area contributed by atoms with Crippen molar-refractivity contribution in [2.45, 2.75) is 38.4 Å². The van der Waals surface area contributed by atoms with Gasteiger partial charge in [0.1, 0.15) is 6.54 Å². The second-order valence-electron chi connectivity index (χ2n) is 6.00. The summed E-state index contributed by atoms with van der Waals surface area (Å²) in [5.74, 6) is 1.06. The van der Waals surface area contributed by atoms with E-state index in [0.717, 1.165) is 23.1 Å². The highest BCUT2D eigenvalue weighted by Gasteiger charge is 2.28. The Hall–Kier alpha value is -2.84. The number of hydrogen-bond acceptors (Lipinski definition) is 6. The number of aromatic nitrogens is 4. The van der Waals surface area contributed by atoms with Crippen molar-refractivity contribution in [3.8, 4) is 11.5 Å². The minimum Gasteiger partial charge on any atom is -0.454 e. The van der Waals surface area contributed by atoms with Crippen molar-refractivity contribution >= 4 is 5.91 Å². The lowest BCUT2D eigenvalue weighted by atomic mass is 10.1. The van der Waals surface area contributed by atoms with Crippen molar-refractivity contribution in [3.05, 3.63) is 34.2 Å². The molecule has 4 rings (SSSR count). The first-order valence-electron chi connectivity index (χ1n) is 7.83. The van der Waals surface area contributed by atoms with Crippen LogP contribution in [0.5, 0.6) is 11.5 Å². The summed E-state index contributed by atoms with van der Waals surface area (Å²) in [4.78, 5) is 24.2. The van der Waals surface area contributed by atoms with E-state index in [9.17, 15) is 9.59 Å². The number of rotatable bonds is 5. The summed E-state index contributed by atoms with van der Waals surface area (Å²) in [6.07, 6.45) is 1.87. The Bertz CT molecular complexity index is 839. The lowest BCUT2D eigenvalue weighted by Gasteiger charge is -2.14. The van der Waals surface area contributed by atoms with E-state index in [0.29, 0.717) is 11.5 Å². The van der Waals surface area contributed by atoms with Crippen molar-refractivity contribution in [1.82, 2.24) is 25.1 Å². The zero-order chi connectivity index (χ0) is 16.7. The second-order valence-corrected chi connectivity index (χ2v) is 6.00. The zero-order valence-corrected chi connectivity index (χ0v) is 13.1. The number of fused-ring (bicyclic) bond motifs is 1. The van der Waals surface area contributed by atoms with Crippen LogP contribution in [0.15, 0.2) is 23.0 Å². The first-order valence-corrected chi connectivity index (χ1v) is 7.83. The minimum absolute atomic E-state index is 0.141. The standard InChI is InChI=1S/C15H17N5O4/c1-9(10-2-5-12-13(6-10)24-8-23-12)16-14(21)7-19-15(22)20(18-17-19)11-3-4-11/h2,5-6,9,11H,3-4,7-8H2,1H3,(H,16,21)/t9-/m0/s1. The molecule has 1 saturated carbocycles. The quantitative estimate of drug-likeness (QED) is 0.850. The van der Waals surface area contributed by atoms with Gasteiger partial charge in [0, 0.05) is 0 Å². The molecule has 2 aliphatic rings. The highest BCUT2D eigenvalue weighted by Crippen LogP contribution is 2.34. The first kappa shape index (κ1) is 14.7. The molecule has 9 heteroatoms. The van der Waals surface area contributed by atoms with Gasteiger partial charge in [-0.1, -0.05) is 6.07 Å². The van der Waals surface area contributed by atoms with Crippen molar-refractivity contribution < 1.29 is 14.3 Å². The van der Waals surface area contributed by atoms with Gasteiger partial charge in [0.2, 0.25) is 12.7 Å². The maximum absolute atomic E-state index is 12.2. The van der Waals surface area contributed by atoms with E-state index < -0.39 is 0 Å². The van der Waals surface area contributed by atoms with Crippen LogP contribution in [0.25, 0.3) is 0 Å². The average Bonchev–Trinajstić information content (AvgIpc) is 3.18. The van der Waals surface area contributed by atoms with Gasteiger partial charge in [0.15, 0.2) is 11.5 Å². The molecule has 0 unspecified atom stereocenters. The van der Waals surface area contributed by atoms with E-state index in [2.05, 4.69) is 15.7 Å². The number of nitrogens with one attached hydrogen (secondary N) is 1. The Labute approximate surface area is 137 Å². The number of tetrazole rings is 1. The summed E-state index contributed by atoms with van der Waals surface area (Å²) >= 11 is 0. The highest BCUT2D eigenvalue weighted by atomic mass is 16.7. The smallest absolute Gasteiger partial charge is 0.364 e. The lowest BCUT2D eigenvalue weighted by Crippen LogP contribution is -2.34. The van der Waals surface area contributed by atoms with Gasteiger partial charge in [-0.3, -0.25) is 4.79 Å². The predicted octanol–water partition coefficient (Wildman–Crippen LogP) is 0.381. The molecule has 0 bridgehead atoms. The maximum Gasteiger partial charge on any atom is 0.364 e. The Kier molecular flexibility index (Phi) is 3.47. The molecule has 9 nitrogen and oxygen atoms in total. The fraction of sp³-hybridized carbons (Fsp3) is 0.467. The summed E-state index contributed by atoms with van der Waals surface area (Å²) in [6, 6.07) is 5.42. The van der Waals surface area contributed by atoms with E-state index in [1.54, 1.807) is 0 Å². The number of carbonyl (C=O) groups is 1. The van der Waals surface area contributed by atoms with Gasteiger partial charge in [0.05, 0.1) is 12.1 Å². The molecular weight excluding hydrogens is 314 g/mol. The Morgan fingerprint density at radius 3 is 2.92 bits per heavy atom. The van der Waals surface area contributed by atoms with Crippen molar-refractivity contribution in [2.75, 3.05) is 6.79 Å². The largest absolute Gasteiger partial charge is 0.454 e. The fourth-order valence-electron chi connectivity index (χ4n) is 2.62. The monoisotopic (exact) mass is 331 g/mol. The number of nitrogens with zero attached hydrogens (tertiary/aromatic N) is 4. The normalized spacial score (nSPS) is 16.9. The van der Waals surface area contributed by atoms with Crippen LogP contribution in [-0.4, -0.2) is 32.5 Å². The molecule has 2 aromatic rings. The SMILES string of the molecule is C[C@H](NC(=O)Cn1nnn(C2CC2)c1=O)c1ccc2c(c1)OCO2. The number of ether oxygens (including phenoxy) is 2. The van der Waals surface area contributed by atoms with Crippen LogP contribution in [0.1, 0.15) is 37.4 Å². The number of benzene rings is 1. The van der Waals surface area contributed by atoms with Crippen molar-refractivity contribution in [3.63, 3.8) is 0 Å². The second kappa shape index (κ2) is 5.66. The van der Waals surface area contributed by atoms with Crippen LogP contribution in [0.4, 0.5) is 0 Å². The molecule has 1 fully saturated rings. The summed E-state index contributed by atoms with van der Waals surface area (Å²) in [7, 11) is 0. The van der Waals surface area contributed by atoms with Gasteiger partial charge in [-0.15, -0.1) is 0 Å². The molecule has 0 spiro atoms. The van der Waals surface area contributed by atoms with Crippen LogP contribution in [-0.2, 0) is 11.3 Å². The van der Waals surface area contributed by atoms with E-state index in [-0.39, 0.29) is 37.0 Å². The predicted molar refractivity (Wildman–Crippen MR) is 81.7 cm³/mol. The van der Waals surface area contributed by atoms with Gasteiger partial charge in [-0.05, 0) is 47.9 Å². The number of amides is 1. The highest BCUT2D eigenvalue weighted by molar-refractivity contribution is 5.76. The van der Waals surface area contributed by atoms with E-state index in [1.165, 1.54) is 4.68 Å². The molecule has 0 radical (unpaired) electrons. The number of hydrogen-bond donors (Lipinski definition) is 1. The van der Waals surface area contributed by atoms with Crippen molar-refractivity contribution in [2.24, 2.45) is 0 Å². The van der Waals surface area contributed by atoms with Gasteiger partial charge in [-0.2, -0.15) is 9.36 Å². The molecule has 0 saturated heterocycles. The summed E-state index contributed by atoms with van der Waals surface area (Å²) in [5.41, 5.74) is 0.546. The topological polar surface area (TPSA) is 100 Å². The fourth-order valence-corrected chi connectivity index (χ4v) is 2.62. The van der Waals surface area contributed by atoms with Crippen LogP contribution >= 0.6 is 0 Å². The Morgan fingerprint density at radius 1 is 1.33 bits per heavy atom. The molecule has 1 aliphatic carbocycles. The third-order valence-corrected chi connectivity index (χ3v) is 4.12. The average molecular weight is 331 g/mol. The van der Waals surface area contributed by atoms with Gasteiger partial charge >= 0.3 is 5.69 Å². The van der Waals surface area contributed by atoms with Crippen LogP contribution in [0.3, 0.4) is 0 Å². The van der Waals surface area contributed by atoms with Gasteiger partial charge in [0.25, 0.3) is 0 Å². The Morgan fingerprint density at radius 2 is 2.12 bits per heavy atom. The van der Waals surface area contributed by atoms with Crippen LogP contribution in [0.2, 0.25) is 0 Å². The third kappa shape index (κ3) is 2.72. The molecule has 1 aromatic heterocycles. The molecule has 1 N–H and O–H groups in total. The zero-order valence-electron chi connectivity index (χ0n) is 13.1. The molecule has 1 aliphatic heterocycles. The lowest BCUT2D eigenvalue weighted by molar-refractivity contribution is -0.122. The minimum atomic E-state index is -0.344. The van der Waals surface area contributed by atoms with E-state index in [1.807, 2.05) is 25.1 Å². The molecule has 2 heterocycles. The molecule has 1 atom stereocenters. The summed E-state index contributed by atoms with van der Waals surface area (Å²) in [5, 5.41) is 10.4.